The van der Waals surface area contributed by atoms with Crippen LogP contribution < -0.4 is 4.90 Å². The number of para-hydroxylation sites is 1. The third-order valence-electron chi connectivity index (χ3n) is 4.64. The Morgan fingerprint density at radius 1 is 1.12 bits per heavy atom. The summed E-state index contributed by atoms with van der Waals surface area (Å²) in [5.74, 6) is 0.896. The molecule has 0 spiro atoms. The maximum absolute atomic E-state index is 6.31. The fourth-order valence-corrected chi connectivity index (χ4v) is 4.51. The number of hydrogen-bond donors (Lipinski definition) is 1. The number of rotatable bonds is 5. The van der Waals surface area contributed by atoms with E-state index in [1.54, 1.807) is 18.1 Å². The Morgan fingerprint density at radius 2 is 1.96 bits per heavy atom. The van der Waals surface area contributed by atoms with E-state index in [1.807, 2.05) is 30.3 Å². The molecular formula is C20H21ClN3OS+. The van der Waals surface area contributed by atoms with Gasteiger partial charge in [-0.25, -0.2) is 9.97 Å². The van der Waals surface area contributed by atoms with Crippen LogP contribution in [-0.4, -0.2) is 41.5 Å². The largest absolute Gasteiger partial charge is 0.366 e. The van der Waals surface area contributed by atoms with Crippen molar-refractivity contribution in [3.05, 3.63) is 65.4 Å². The quantitative estimate of drug-likeness (QED) is 0.540. The Kier molecular flexibility index (Phi) is 5.70. The summed E-state index contributed by atoms with van der Waals surface area (Å²) in [6.07, 6.45) is 1.86. The lowest BCUT2D eigenvalue weighted by Crippen LogP contribution is -3.13. The molecule has 26 heavy (non-hydrogen) atoms. The van der Waals surface area contributed by atoms with Crippen molar-refractivity contribution in [1.82, 2.24) is 9.97 Å². The summed E-state index contributed by atoms with van der Waals surface area (Å²) in [6.45, 7) is 3.74. The molecule has 1 aliphatic heterocycles. The van der Waals surface area contributed by atoms with Crippen LogP contribution in [0.25, 0.3) is 10.9 Å². The van der Waals surface area contributed by atoms with E-state index in [-0.39, 0.29) is 6.10 Å². The third-order valence-corrected chi connectivity index (χ3v) is 6.14. The fraction of sp³-hybridized carbons (Fsp3) is 0.300. The van der Waals surface area contributed by atoms with Crippen LogP contribution in [0.2, 0.25) is 5.02 Å². The smallest absolute Gasteiger partial charge is 0.117 e. The van der Waals surface area contributed by atoms with Gasteiger partial charge in [-0.3, -0.25) is 0 Å². The minimum Gasteiger partial charge on any atom is -0.366 e. The number of fused-ring (bicyclic) bond motifs is 1. The molecule has 134 valence electrons. The minimum atomic E-state index is 0.222. The van der Waals surface area contributed by atoms with Gasteiger partial charge in [-0.2, -0.15) is 0 Å². The number of aromatic nitrogens is 2. The first-order valence-corrected chi connectivity index (χ1v) is 10.2. The summed E-state index contributed by atoms with van der Waals surface area (Å²) in [5, 5.41) is 2.98. The van der Waals surface area contributed by atoms with Crippen LogP contribution in [0.3, 0.4) is 0 Å². The number of morpholine rings is 1. The summed E-state index contributed by atoms with van der Waals surface area (Å²) < 4.78 is 5.99. The molecular weight excluding hydrogens is 366 g/mol. The summed E-state index contributed by atoms with van der Waals surface area (Å²) in [7, 11) is 0. The van der Waals surface area contributed by atoms with Gasteiger partial charge in [-0.15, -0.1) is 11.8 Å². The van der Waals surface area contributed by atoms with Gasteiger partial charge in [0, 0.05) is 21.7 Å². The van der Waals surface area contributed by atoms with Crippen molar-refractivity contribution in [2.24, 2.45) is 0 Å². The first-order chi connectivity index (χ1) is 12.8. The lowest BCUT2D eigenvalue weighted by Gasteiger charge is -2.30. The molecule has 0 saturated carbocycles. The summed E-state index contributed by atoms with van der Waals surface area (Å²) in [4.78, 5) is 10.3. The zero-order valence-electron chi connectivity index (χ0n) is 14.4. The maximum atomic E-state index is 6.31. The molecule has 0 amide bonds. The summed E-state index contributed by atoms with van der Waals surface area (Å²) in [6, 6.07) is 16.2. The molecule has 3 aromatic rings. The van der Waals surface area contributed by atoms with Crippen LogP contribution in [0, 0.1) is 0 Å². The van der Waals surface area contributed by atoms with Crippen molar-refractivity contribution in [3.8, 4) is 0 Å². The molecule has 0 radical (unpaired) electrons. The molecule has 6 heteroatoms. The predicted octanol–water partition coefficient (Wildman–Crippen LogP) is 2.86. The van der Waals surface area contributed by atoms with Crippen molar-refractivity contribution >= 4 is 34.3 Å². The van der Waals surface area contributed by atoms with E-state index in [1.165, 1.54) is 10.5 Å². The van der Waals surface area contributed by atoms with Crippen molar-refractivity contribution in [1.29, 1.82) is 0 Å². The van der Waals surface area contributed by atoms with Crippen LogP contribution in [-0.2, 0) is 11.3 Å². The van der Waals surface area contributed by atoms with Crippen molar-refractivity contribution < 1.29 is 9.64 Å². The number of halogens is 1. The first-order valence-electron chi connectivity index (χ1n) is 8.81. The molecule has 1 aliphatic rings. The number of ether oxygens (including phenoxy) is 1. The predicted molar refractivity (Wildman–Crippen MR) is 106 cm³/mol. The van der Waals surface area contributed by atoms with Crippen LogP contribution in [0.5, 0.6) is 0 Å². The van der Waals surface area contributed by atoms with Gasteiger partial charge >= 0.3 is 0 Å². The van der Waals surface area contributed by atoms with Gasteiger partial charge < -0.3 is 9.64 Å². The highest BCUT2D eigenvalue weighted by Crippen LogP contribution is 2.25. The van der Waals surface area contributed by atoms with E-state index in [0.29, 0.717) is 0 Å². The highest BCUT2D eigenvalue weighted by atomic mass is 35.5. The molecule has 1 saturated heterocycles. The van der Waals surface area contributed by atoms with Crippen molar-refractivity contribution in [2.75, 3.05) is 25.4 Å². The van der Waals surface area contributed by atoms with E-state index in [0.717, 1.165) is 52.9 Å². The molecule has 1 unspecified atom stereocenters. The highest BCUT2D eigenvalue weighted by molar-refractivity contribution is 7.99. The number of thioether (sulfide) groups is 1. The Bertz CT molecular complexity index is 886. The normalized spacial score (nSPS) is 20.3. The van der Waals surface area contributed by atoms with Gasteiger partial charge in [-0.05, 0) is 12.1 Å². The monoisotopic (exact) mass is 386 g/mol. The van der Waals surface area contributed by atoms with Gasteiger partial charge in [0.25, 0.3) is 0 Å². The van der Waals surface area contributed by atoms with Gasteiger partial charge in [0.1, 0.15) is 37.1 Å². The molecule has 2 heterocycles. The van der Waals surface area contributed by atoms with Gasteiger partial charge in [0.15, 0.2) is 0 Å². The van der Waals surface area contributed by atoms with Gasteiger partial charge in [-0.1, -0.05) is 48.0 Å². The van der Waals surface area contributed by atoms with E-state index < -0.39 is 0 Å². The van der Waals surface area contributed by atoms with E-state index >= 15 is 0 Å². The lowest BCUT2D eigenvalue weighted by molar-refractivity contribution is -0.924. The Hall–Kier alpha value is -1.66. The molecule has 4 nitrogen and oxygen atoms in total. The molecule has 4 rings (SSSR count). The van der Waals surface area contributed by atoms with E-state index in [9.17, 15) is 0 Å². The Morgan fingerprint density at radius 3 is 2.88 bits per heavy atom. The van der Waals surface area contributed by atoms with E-state index in [2.05, 4.69) is 28.2 Å². The summed E-state index contributed by atoms with van der Waals surface area (Å²) >= 11 is 8.07. The van der Waals surface area contributed by atoms with Crippen molar-refractivity contribution in [3.63, 3.8) is 0 Å². The molecule has 1 fully saturated rings. The fourth-order valence-electron chi connectivity index (χ4n) is 3.30. The number of nitrogens with one attached hydrogen (secondary N) is 1. The van der Waals surface area contributed by atoms with Gasteiger partial charge in [0.2, 0.25) is 0 Å². The Balaban J connectivity index is 1.38. The molecule has 1 N–H and O–H groups in total. The summed E-state index contributed by atoms with van der Waals surface area (Å²) in [5.41, 5.74) is 2.19. The Labute approximate surface area is 162 Å². The second-order valence-electron chi connectivity index (χ2n) is 6.47. The number of nitrogens with zero attached hydrogens (tertiary/aromatic N) is 2. The molecule has 2 aromatic carbocycles. The number of benzene rings is 2. The zero-order valence-corrected chi connectivity index (χ0v) is 16.0. The van der Waals surface area contributed by atoms with Crippen molar-refractivity contribution in [2.45, 2.75) is 17.7 Å². The average molecular weight is 387 g/mol. The first kappa shape index (κ1) is 17.7. The van der Waals surface area contributed by atoms with Crippen LogP contribution in [0.1, 0.15) is 5.56 Å². The molecule has 0 aliphatic carbocycles. The zero-order chi connectivity index (χ0) is 17.8. The van der Waals surface area contributed by atoms with Crippen LogP contribution >= 0.6 is 23.4 Å². The van der Waals surface area contributed by atoms with Crippen LogP contribution in [0.4, 0.5) is 0 Å². The minimum absolute atomic E-state index is 0.222. The second kappa shape index (κ2) is 8.35. The molecule has 2 atom stereocenters. The number of quaternary nitrogens is 1. The highest BCUT2D eigenvalue weighted by Gasteiger charge is 2.25. The topological polar surface area (TPSA) is 39.5 Å². The van der Waals surface area contributed by atoms with Gasteiger partial charge in [0.05, 0.1) is 12.1 Å². The number of hydrogen-bond acceptors (Lipinski definition) is 4. The van der Waals surface area contributed by atoms with Crippen LogP contribution in [0.15, 0.2) is 59.9 Å². The maximum Gasteiger partial charge on any atom is 0.117 e. The molecule has 0 bridgehead atoms. The standard InChI is InChI=1S/C20H20ClN3OS/c21-18-7-3-1-5-15(18)11-24-9-10-25-16(12-24)13-26-20-17-6-2-4-8-19(17)22-14-23-20/h1-8,14,16H,9-13H2/p+1/t16-/m1/s1. The average Bonchev–Trinajstić information content (AvgIpc) is 2.68. The van der Waals surface area contributed by atoms with E-state index in [4.69, 9.17) is 16.3 Å². The second-order valence-corrected chi connectivity index (χ2v) is 7.89. The SMILES string of the molecule is Clc1ccccc1C[NH+]1CCO[C@@H](CSc2ncnc3ccccc23)C1. The third kappa shape index (κ3) is 4.18. The molecule has 1 aromatic heterocycles. The lowest BCUT2D eigenvalue weighted by atomic mass is 10.2.